The lowest BCUT2D eigenvalue weighted by Crippen LogP contribution is -2.13. The fraction of sp³-hybridized carbons (Fsp3) is 0.400. The molecule has 0 aliphatic heterocycles. The van der Waals surface area contributed by atoms with Gasteiger partial charge in [0.25, 0.3) is 5.91 Å². The first kappa shape index (κ1) is 14.3. The topological polar surface area (TPSA) is 85.6 Å². The highest BCUT2D eigenvalue weighted by Gasteiger charge is 2.28. The van der Waals surface area contributed by atoms with E-state index < -0.39 is 0 Å². The third kappa shape index (κ3) is 2.48. The molecule has 8 heteroatoms. The molecule has 23 heavy (non-hydrogen) atoms. The zero-order valence-corrected chi connectivity index (χ0v) is 13.9. The molecule has 7 nitrogen and oxygen atoms in total. The molecule has 0 spiro atoms. The highest BCUT2D eigenvalue weighted by atomic mass is 32.1. The minimum Gasteiger partial charge on any atom is -0.296 e. The van der Waals surface area contributed by atoms with E-state index in [1.165, 1.54) is 24.2 Å². The van der Waals surface area contributed by atoms with Gasteiger partial charge in [-0.15, -0.1) is 10.2 Å². The molecule has 1 amide bonds. The van der Waals surface area contributed by atoms with Crippen LogP contribution < -0.4 is 5.32 Å². The van der Waals surface area contributed by atoms with Crippen LogP contribution >= 0.6 is 11.3 Å². The van der Waals surface area contributed by atoms with Crippen LogP contribution in [0.4, 0.5) is 5.13 Å². The van der Waals surface area contributed by atoms with E-state index in [0.717, 1.165) is 21.8 Å². The Labute approximate surface area is 136 Å². The normalized spacial score (nSPS) is 14.4. The van der Waals surface area contributed by atoms with Gasteiger partial charge in [0.1, 0.15) is 5.01 Å². The van der Waals surface area contributed by atoms with Gasteiger partial charge < -0.3 is 0 Å². The van der Waals surface area contributed by atoms with E-state index in [0.29, 0.717) is 22.3 Å². The van der Waals surface area contributed by atoms with Crippen molar-refractivity contribution in [3.05, 3.63) is 28.0 Å². The molecule has 3 heterocycles. The van der Waals surface area contributed by atoms with E-state index in [4.69, 9.17) is 0 Å². The molecule has 0 atom stereocenters. The summed E-state index contributed by atoms with van der Waals surface area (Å²) >= 11 is 1.45. The molecule has 118 valence electrons. The van der Waals surface area contributed by atoms with Gasteiger partial charge in [-0.3, -0.25) is 14.8 Å². The van der Waals surface area contributed by atoms with Gasteiger partial charge in [0.05, 0.1) is 16.6 Å². The number of pyridine rings is 1. The maximum absolute atomic E-state index is 12.7. The van der Waals surface area contributed by atoms with Crippen LogP contribution in [0.25, 0.3) is 11.0 Å². The minimum atomic E-state index is -0.199. The van der Waals surface area contributed by atoms with Gasteiger partial charge in [-0.2, -0.15) is 5.10 Å². The number of carbonyl (C=O) groups is 1. The molecule has 1 aliphatic rings. The van der Waals surface area contributed by atoms with Crippen LogP contribution in [-0.2, 0) is 7.05 Å². The average molecular weight is 328 g/mol. The van der Waals surface area contributed by atoms with Crippen molar-refractivity contribution in [2.75, 3.05) is 5.32 Å². The first-order valence-electron chi connectivity index (χ1n) is 7.48. The van der Waals surface area contributed by atoms with E-state index in [2.05, 4.69) is 25.6 Å². The third-order valence-electron chi connectivity index (χ3n) is 3.93. The van der Waals surface area contributed by atoms with Crippen LogP contribution in [0, 0.1) is 13.8 Å². The zero-order chi connectivity index (χ0) is 16.1. The fourth-order valence-corrected chi connectivity index (χ4v) is 3.60. The van der Waals surface area contributed by atoms with Crippen LogP contribution in [0.3, 0.4) is 0 Å². The van der Waals surface area contributed by atoms with E-state index in [9.17, 15) is 4.79 Å². The number of hydrogen-bond donors (Lipinski definition) is 1. The molecule has 4 rings (SSSR count). The second-order valence-corrected chi connectivity index (χ2v) is 6.90. The summed E-state index contributed by atoms with van der Waals surface area (Å²) in [6, 6.07) is 1.79. The number of nitrogens with one attached hydrogen (secondary N) is 1. The Bertz CT molecular complexity index is 924. The minimum absolute atomic E-state index is 0.199. The van der Waals surface area contributed by atoms with Crippen molar-refractivity contribution >= 4 is 33.4 Å². The molecular weight excluding hydrogens is 312 g/mol. The highest BCUT2D eigenvalue weighted by molar-refractivity contribution is 7.15. The smallest absolute Gasteiger partial charge is 0.258 e. The number of anilines is 1. The molecule has 0 radical (unpaired) electrons. The Balaban J connectivity index is 1.70. The summed E-state index contributed by atoms with van der Waals surface area (Å²) < 4.78 is 1.70. The predicted molar refractivity (Wildman–Crippen MR) is 87.8 cm³/mol. The van der Waals surface area contributed by atoms with Crippen LogP contribution in [0.15, 0.2) is 6.07 Å². The van der Waals surface area contributed by atoms with Gasteiger partial charge in [-0.1, -0.05) is 11.3 Å². The monoisotopic (exact) mass is 328 g/mol. The van der Waals surface area contributed by atoms with E-state index in [1.54, 1.807) is 10.7 Å². The maximum Gasteiger partial charge on any atom is 0.258 e. The fourth-order valence-electron chi connectivity index (χ4n) is 2.69. The standard InChI is InChI=1S/C15H16N6OS/c1-7-6-10(11-8(2)20-21(3)12(11)16-7)13(22)17-15-19-18-14(23-15)9-4-5-9/h6,9H,4-5H2,1-3H3,(H,17,19,22). The highest BCUT2D eigenvalue weighted by Crippen LogP contribution is 2.42. The summed E-state index contributed by atoms with van der Waals surface area (Å²) in [4.78, 5) is 17.2. The van der Waals surface area contributed by atoms with Crippen molar-refractivity contribution in [1.82, 2.24) is 25.0 Å². The number of hydrogen-bond acceptors (Lipinski definition) is 6. The summed E-state index contributed by atoms with van der Waals surface area (Å²) in [5.74, 6) is 0.337. The van der Waals surface area contributed by atoms with Gasteiger partial charge in [0, 0.05) is 18.7 Å². The average Bonchev–Trinajstić information content (AvgIpc) is 3.19. The summed E-state index contributed by atoms with van der Waals surface area (Å²) in [5.41, 5.74) is 2.85. The lowest BCUT2D eigenvalue weighted by atomic mass is 10.1. The van der Waals surface area contributed by atoms with Crippen molar-refractivity contribution in [2.24, 2.45) is 7.05 Å². The number of carbonyl (C=O) groups excluding carboxylic acids is 1. The maximum atomic E-state index is 12.7. The summed E-state index contributed by atoms with van der Waals surface area (Å²) in [5, 5.41) is 17.8. The molecular formula is C15H16N6OS. The van der Waals surface area contributed by atoms with Gasteiger partial charge in [0.15, 0.2) is 5.65 Å². The molecule has 1 N–H and O–H groups in total. The van der Waals surface area contributed by atoms with Gasteiger partial charge >= 0.3 is 0 Å². The SMILES string of the molecule is Cc1cc(C(=O)Nc2nnc(C3CC3)s2)c2c(C)nn(C)c2n1. The van der Waals surface area contributed by atoms with Crippen molar-refractivity contribution < 1.29 is 4.79 Å². The third-order valence-corrected chi connectivity index (χ3v) is 4.93. The lowest BCUT2D eigenvalue weighted by molar-refractivity contribution is 0.102. The molecule has 1 saturated carbocycles. The van der Waals surface area contributed by atoms with Crippen LogP contribution in [0.5, 0.6) is 0 Å². The zero-order valence-electron chi connectivity index (χ0n) is 13.1. The number of amides is 1. The van der Waals surface area contributed by atoms with E-state index in [-0.39, 0.29) is 5.91 Å². The number of nitrogens with zero attached hydrogens (tertiary/aromatic N) is 5. The van der Waals surface area contributed by atoms with Crippen molar-refractivity contribution in [3.63, 3.8) is 0 Å². The van der Waals surface area contributed by atoms with Crippen LogP contribution in [-0.4, -0.2) is 30.9 Å². The van der Waals surface area contributed by atoms with E-state index >= 15 is 0 Å². The second kappa shape index (κ2) is 5.09. The van der Waals surface area contributed by atoms with Crippen LogP contribution in [0.1, 0.15) is 45.5 Å². The molecule has 0 saturated heterocycles. The predicted octanol–water partition coefficient (Wildman–Crippen LogP) is 2.57. The van der Waals surface area contributed by atoms with Crippen molar-refractivity contribution in [2.45, 2.75) is 32.6 Å². The number of aromatic nitrogens is 5. The largest absolute Gasteiger partial charge is 0.296 e. The molecule has 0 aromatic carbocycles. The Hall–Kier alpha value is -2.35. The Kier molecular flexibility index (Phi) is 3.15. The summed E-state index contributed by atoms with van der Waals surface area (Å²) in [7, 11) is 1.83. The molecule has 1 fully saturated rings. The first-order chi connectivity index (χ1) is 11.0. The van der Waals surface area contributed by atoms with Crippen molar-refractivity contribution in [1.29, 1.82) is 0 Å². The van der Waals surface area contributed by atoms with Gasteiger partial charge in [-0.25, -0.2) is 4.98 Å². The lowest BCUT2D eigenvalue weighted by Gasteiger charge is -2.05. The van der Waals surface area contributed by atoms with Gasteiger partial charge in [-0.05, 0) is 32.8 Å². The second-order valence-electron chi connectivity index (χ2n) is 5.89. The number of fused-ring (bicyclic) bond motifs is 1. The Morgan fingerprint density at radius 1 is 1.35 bits per heavy atom. The van der Waals surface area contributed by atoms with E-state index in [1.807, 2.05) is 20.9 Å². The van der Waals surface area contributed by atoms with Gasteiger partial charge in [0.2, 0.25) is 5.13 Å². The first-order valence-corrected chi connectivity index (χ1v) is 8.30. The number of aryl methyl sites for hydroxylation is 3. The summed E-state index contributed by atoms with van der Waals surface area (Å²) in [6.45, 7) is 3.75. The van der Waals surface area contributed by atoms with Crippen LogP contribution in [0.2, 0.25) is 0 Å². The molecule has 0 unspecified atom stereocenters. The van der Waals surface area contributed by atoms with Crippen molar-refractivity contribution in [3.8, 4) is 0 Å². The molecule has 3 aromatic heterocycles. The Morgan fingerprint density at radius 3 is 2.87 bits per heavy atom. The Morgan fingerprint density at radius 2 is 2.13 bits per heavy atom. The number of rotatable bonds is 3. The molecule has 0 bridgehead atoms. The molecule has 1 aliphatic carbocycles. The molecule has 3 aromatic rings. The summed E-state index contributed by atoms with van der Waals surface area (Å²) in [6.07, 6.45) is 2.34. The quantitative estimate of drug-likeness (QED) is 0.798.